The quantitative estimate of drug-likeness (QED) is 0.239. The van der Waals surface area contributed by atoms with Gasteiger partial charge in [-0.15, -0.1) is 0 Å². The molecule has 0 aromatic heterocycles. The van der Waals surface area contributed by atoms with Crippen LogP contribution in [-0.2, 0) is 0 Å². The molecule has 0 bridgehead atoms. The van der Waals surface area contributed by atoms with Crippen LogP contribution in [-0.4, -0.2) is 0 Å². The number of thiocyanates is 1. The first kappa shape index (κ1) is 18.6. The summed E-state index contributed by atoms with van der Waals surface area (Å²) < 4.78 is 54.2. The molecule has 0 aliphatic rings. The maximum atomic E-state index is 13.8. The van der Waals surface area contributed by atoms with Crippen LogP contribution in [0.1, 0.15) is 11.1 Å². The van der Waals surface area contributed by atoms with Gasteiger partial charge in [0, 0.05) is 17.2 Å². The van der Waals surface area contributed by atoms with E-state index in [2.05, 4.69) is 11.8 Å². The molecule has 0 saturated carbocycles. The van der Waals surface area contributed by atoms with E-state index >= 15 is 0 Å². The molecule has 0 spiro atoms. The second-order valence-corrected chi connectivity index (χ2v) is 6.24. The first-order valence-corrected chi connectivity index (χ1v) is 8.41. The minimum Gasteiger partial charge on any atom is -0.207 e. The highest BCUT2D eigenvalue weighted by Crippen LogP contribution is 2.25. The summed E-state index contributed by atoms with van der Waals surface area (Å²) in [5, 5.41) is 10.2. The Bertz CT molecular complexity index is 1060. The zero-order valence-corrected chi connectivity index (χ0v) is 14.4. The smallest absolute Gasteiger partial charge is 0.142 e. The SMILES string of the molecule is N#CSc1c(F)cc(C#Cc2ccc(-c3cc(F)cc(F)c3)cc2)cc1F. The van der Waals surface area contributed by atoms with Gasteiger partial charge in [-0.1, -0.05) is 24.0 Å². The highest BCUT2D eigenvalue weighted by molar-refractivity contribution is 8.03. The van der Waals surface area contributed by atoms with Gasteiger partial charge in [0.25, 0.3) is 0 Å². The van der Waals surface area contributed by atoms with Gasteiger partial charge in [-0.3, -0.25) is 0 Å². The molecule has 132 valence electrons. The molecule has 0 fully saturated rings. The predicted octanol–water partition coefficient (Wildman–Crippen LogP) is 5.88. The van der Waals surface area contributed by atoms with Gasteiger partial charge in [0.2, 0.25) is 0 Å². The molecule has 0 heterocycles. The van der Waals surface area contributed by atoms with E-state index < -0.39 is 23.3 Å². The fourth-order valence-corrected chi connectivity index (χ4v) is 2.79. The largest absolute Gasteiger partial charge is 0.207 e. The van der Waals surface area contributed by atoms with Crippen LogP contribution in [0.2, 0.25) is 0 Å². The molecule has 0 saturated heterocycles. The zero-order valence-electron chi connectivity index (χ0n) is 13.6. The molecule has 0 unspecified atom stereocenters. The Morgan fingerprint density at radius 2 is 1.22 bits per heavy atom. The molecule has 3 aromatic rings. The van der Waals surface area contributed by atoms with Crippen LogP contribution in [0.25, 0.3) is 11.1 Å². The van der Waals surface area contributed by atoms with Gasteiger partial charge >= 0.3 is 0 Å². The minimum atomic E-state index is -0.852. The van der Waals surface area contributed by atoms with E-state index in [0.29, 0.717) is 28.5 Å². The molecular formula is C21H9F4NS. The van der Waals surface area contributed by atoms with E-state index in [-0.39, 0.29) is 10.5 Å². The number of benzene rings is 3. The molecule has 6 heteroatoms. The molecule has 3 aromatic carbocycles. The molecule has 3 rings (SSSR count). The lowest BCUT2D eigenvalue weighted by molar-refractivity contribution is 0.540. The normalized spacial score (nSPS) is 10.0. The maximum Gasteiger partial charge on any atom is 0.142 e. The lowest BCUT2D eigenvalue weighted by Gasteiger charge is -2.03. The first-order valence-electron chi connectivity index (χ1n) is 7.60. The van der Waals surface area contributed by atoms with Crippen molar-refractivity contribution in [3.05, 3.63) is 89.0 Å². The van der Waals surface area contributed by atoms with Crippen LogP contribution in [0.15, 0.2) is 59.5 Å². The van der Waals surface area contributed by atoms with Crippen molar-refractivity contribution in [3.63, 3.8) is 0 Å². The third kappa shape index (κ3) is 4.49. The molecule has 0 N–H and O–H groups in total. The van der Waals surface area contributed by atoms with Gasteiger partial charge in [0.05, 0.1) is 4.90 Å². The summed E-state index contributed by atoms with van der Waals surface area (Å²) in [6, 6.07) is 11.9. The van der Waals surface area contributed by atoms with Crippen LogP contribution in [0.3, 0.4) is 0 Å². The van der Waals surface area contributed by atoms with E-state index in [0.717, 1.165) is 18.2 Å². The lowest BCUT2D eigenvalue weighted by Crippen LogP contribution is -1.89. The molecule has 0 aliphatic heterocycles. The van der Waals surface area contributed by atoms with Crippen LogP contribution in [0, 0.1) is 45.8 Å². The van der Waals surface area contributed by atoms with E-state index in [1.165, 1.54) is 12.1 Å². The number of thioether (sulfide) groups is 1. The van der Waals surface area contributed by atoms with E-state index in [4.69, 9.17) is 5.26 Å². The Hall–Kier alpha value is -3.22. The van der Waals surface area contributed by atoms with Crippen molar-refractivity contribution in [1.82, 2.24) is 0 Å². The number of nitriles is 1. The number of nitrogens with zero attached hydrogens (tertiary/aromatic N) is 1. The van der Waals surface area contributed by atoms with E-state index in [1.54, 1.807) is 29.7 Å². The molecule has 0 amide bonds. The summed E-state index contributed by atoms with van der Waals surface area (Å²) in [7, 11) is 0. The van der Waals surface area contributed by atoms with Gasteiger partial charge in [0.15, 0.2) is 0 Å². The Kier molecular flexibility index (Phi) is 5.49. The number of rotatable bonds is 2. The maximum absolute atomic E-state index is 13.8. The highest BCUT2D eigenvalue weighted by Gasteiger charge is 2.11. The molecule has 0 aliphatic carbocycles. The number of hydrogen-bond acceptors (Lipinski definition) is 2. The highest BCUT2D eigenvalue weighted by atomic mass is 32.2. The van der Waals surface area contributed by atoms with E-state index in [9.17, 15) is 17.6 Å². The summed E-state index contributed by atoms with van der Waals surface area (Å²) in [6.45, 7) is 0. The first-order chi connectivity index (χ1) is 13.0. The standard InChI is InChI=1S/C21H9F4NS/c22-17-9-16(10-18(23)11-17)15-5-3-13(4-6-15)1-2-14-7-19(24)21(27-12-26)20(25)8-14/h3-11H. The second-order valence-electron chi connectivity index (χ2n) is 5.45. The minimum absolute atomic E-state index is 0.128. The van der Waals surface area contributed by atoms with Crippen molar-refractivity contribution in [2.45, 2.75) is 4.90 Å². The summed E-state index contributed by atoms with van der Waals surface area (Å²) in [4.78, 5) is -0.366. The van der Waals surface area contributed by atoms with Crippen molar-refractivity contribution in [2.75, 3.05) is 0 Å². The molecule has 0 atom stereocenters. The van der Waals surface area contributed by atoms with Crippen LogP contribution in [0.5, 0.6) is 0 Å². The number of hydrogen-bond donors (Lipinski definition) is 0. The topological polar surface area (TPSA) is 23.8 Å². The van der Waals surface area contributed by atoms with Crippen molar-refractivity contribution < 1.29 is 17.6 Å². The third-order valence-corrected chi connectivity index (χ3v) is 4.26. The average molecular weight is 383 g/mol. The summed E-state index contributed by atoms with van der Waals surface area (Å²) in [5.41, 5.74) is 1.69. The summed E-state index contributed by atoms with van der Waals surface area (Å²) in [5.74, 6) is 2.37. The van der Waals surface area contributed by atoms with Crippen LogP contribution >= 0.6 is 11.8 Å². The zero-order chi connectivity index (χ0) is 19.4. The van der Waals surface area contributed by atoms with Crippen molar-refractivity contribution in [2.24, 2.45) is 0 Å². The molecule has 27 heavy (non-hydrogen) atoms. The van der Waals surface area contributed by atoms with Crippen LogP contribution in [0.4, 0.5) is 17.6 Å². The van der Waals surface area contributed by atoms with Gasteiger partial charge in [-0.25, -0.2) is 17.6 Å². The summed E-state index contributed by atoms with van der Waals surface area (Å²) >= 11 is 0.407. The van der Waals surface area contributed by atoms with Gasteiger partial charge in [-0.05, 0) is 59.3 Å². The monoisotopic (exact) mass is 383 g/mol. The van der Waals surface area contributed by atoms with Crippen LogP contribution < -0.4 is 0 Å². The fourth-order valence-electron chi connectivity index (χ4n) is 2.39. The Morgan fingerprint density at radius 1 is 0.667 bits per heavy atom. The van der Waals surface area contributed by atoms with Gasteiger partial charge in [0.1, 0.15) is 28.7 Å². The summed E-state index contributed by atoms with van der Waals surface area (Å²) in [6.07, 6.45) is 0. The molecular weight excluding hydrogens is 374 g/mol. The van der Waals surface area contributed by atoms with Crippen molar-refractivity contribution in [1.29, 1.82) is 5.26 Å². The van der Waals surface area contributed by atoms with Gasteiger partial charge in [-0.2, -0.15) is 5.26 Å². The van der Waals surface area contributed by atoms with Gasteiger partial charge < -0.3 is 0 Å². The van der Waals surface area contributed by atoms with Crippen molar-refractivity contribution in [3.8, 4) is 28.4 Å². The predicted molar refractivity (Wildman–Crippen MR) is 95.6 cm³/mol. The Morgan fingerprint density at radius 3 is 1.78 bits per heavy atom. The fraction of sp³-hybridized carbons (Fsp3) is 0. The molecule has 1 nitrogen and oxygen atoms in total. The average Bonchev–Trinajstić information content (AvgIpc) is 2.62. The van der Waals surface area contributed by atoms with E-state index in [1.807, 2.05) is 0 Å². The molecule has 0 radical (unpaired) electrons. The number of halogens is 4. The van der Waals surface area contributed by atoms with Crippen molar-refractivity contribution >= 4 is 11.8 Å². The Labute approximate surface area is 157 Å². The Balaban J connectivity index is 1.85. The third-order valence-electron chi connectivity index (χ3n) is 3.58. The lowest BCUT2D eigenvalue weighted by atomic mass is 10.0. The second kappa shape index (κ2) is 7.99.